The Labute approximate surface area is 173 Å². The van der Waals surface area contributed by atoms with Crippen LogP contribution in [0.1, 0.15) is 88.2 Å². The Balaban J connectivity index is 0.000000221. The molecule has 6 nitrogen and oxygen atoms in total. The Bertz CT molecular complexity index is 833. The van der Waals surface area contributed by atoms with E-state index < -0.39 is 5.97 Å². The predicted octanol–water partition coefficient (Wildman–Crippen LogP) is 4.67. The number of ketones is 1. The average molecular weight is 402 g/mol. The van der Waals surface area contributed by atoms with Crippen LogP contribution in [0, 0.1) is 11.3 Å². The van der Waals surface area contributed by atoms with E-state index in [1.807, 2.05) is 38.2 Å². The fourth-order valence-corrected chi connectivity index (χ4v) is 4.04. The minimum atomic E-state index is -0.706. The molecule has 0 spiro atoms. The summed E-state index contributed by atoms with van der Waals surface area (Å²) in [5.41, 5.74) is 8.14. The van der Waals surface area contributed by atoms with Crippen molar-refractivity contribution in [1.29, 1.82) is 0 Å². The van der Waals surface area contributed by atoms with Crippen LogP contribution >= 0.6 is 0 Å². The van der Waals surface area contributed by atoms with Crippen molar-refractivity contribution < 1.29 is 14.7 Å². The van der Waals surface area contributed by atoms with E-state index in [1.165, 1.54) is 6.42 Å². The van der Waals surface area contributed by atoms with Crippen LogP contribution in [0.15, 0.2) is 24.4 Å². The molecule has 0 unspecified atom stereocenters. The molecule has 2 heterocycles. The van der Waals surface area contributed by atoms with Gasteiger partial charge in [0, 0.05) is 12.1 Å². The predicted molar refractivity (Wildman–Crippen MR) is 115 cm³/mol. The Morgan fingerprint density at radius 1 is 1.17 bits per heavy atom. The third kappa shape index (κ3) is 5.66. The van der Waals surface area contributed by atoms with E-state index in [1.54, 1.807) is 4.52 Å². The van der Waals surface area contributed by atoms with E-state index >= 15 is 0 Å². The first-order valence-electron chi connectivity index (χ1n) is 10.6. The van der Waals surface area contributed by atoms with Crippen LogP contribution in [0.25, 0.3) is 5.52 Å². The number of Topliss-reactive ketones (excluding diaryl/α,β-unsaturated/α-hetero) is 1. The first kappa shape index (κ1) is 23.1. The van der Waals surface area contributed by atoms with Gasteiger partial charge in [-0.3, -0.25) is 9.59 Å². The van der Waals surface area contributed by atoms with Crippen molar-refractivity contribution in [3.8, 4) is 0 Å². The van der Waals surface area contributed by atoms with Crippen molar-refractivity contribution in [3.05, 3.63) is 35.7 Å². The molecule has 1 aliphatic rings. The molecule has 29 heavy (non-hydrogen) atoms. The molecular formula is C23H35N3O3. The molecule has 1 aliphatic carbocycles. The Morgan fingerprint density at radius 3 is 2.34 bits per heavy atom. The normalized spacial score (nSPS) is 16.0. The van der Waals surface area contributed by atoms with Crippen LogP contribution in [0.5, 0.6) is 0 Å². The van der Waals surface area contributed by atoms with Crippen molar-refractivity contribution >= 4 is 17.3 Å². The Morgan fingerprint density at radius 2 is 1.83 bits per heavy atom. The molecule has 3 rings (SSSR count). The molecule has 0 amide bonds. The molecule has 1 saturated carbocycles. The lowest BCUT2D eigenvalue weighted by molar-refractivity contribution is -0.140. The van der Waals surface area contributed by atoms with Crippen LogP contribution < -0.4 is 5.73 Å². The second-order valence-electron chi connectivity index (χ2n) is 8.80. The smallest absolute Gasteiger partial charge is 0.303 e. The molecule has 0 aromatic carbocycles. The molecule has 0 radical (unpaired) electrons. The maximum Gasteiger partial charge on any atom is 0.303 e. The summed E-state index contributed by atoms with van der Waals surface area (Å²) in [7, 11) is 0. The largest absolute Gasteiger partial charge is 0.481 e. The molecule has 0 bridgehead atoms. The molecule has 2 aromatic heterocycles. The Hall–Kier alpha value is -2.21. The standard InChI is InChI=1S/C14H18N2O.C9H17NO2/c1-9(2)13-12(14(17)10(3)4)11-7-5-6-8-16(11)15-13;10-7-9(6-8(11)12)4-2-1-3-5-9/h5-10H,1-4H3;1-7,10H2,(H,11,12). The number of pyridine rings is 1. The van der Waals surface area contributed by atoms with Gasteiger partial charge in [-0.05, 0) is 42.9 Å². The molecule has 0 saturated heterocycles. The molecule has 2 aromatic rings. The fraction of sp³-hybridized carbons (Fsp3) is 0.609. The quantitative estimate of drug-likeness (QED) is 0.686. The minimum absolute atomic E-state index is 0.000654. The van der Waals surface area contributed by atoms with Crippen LogP contribution in [0.3, 0.4) is 0 Å². The topological polar surface area (TPSA) is 97.7 Å². The third-order valence-electron chi connectivity index (χ3n) is 5.76. The number of carboxylic acids is 1. The zero-order valence-corrected chi connectivity index (χ0v) is 18.1. The van der Waals surface area contributed by atoms with E-state index in [0.29, 0.717) is 6.54 Å². The van der Waals surface area contributed by atoms with Crippen LogP contribution in [-0.2, 0) is 4.79 Å². The van der Waals surface area contributed by atoms with Gasteiger partial charge < -0.3 is 10.8 Å². The maximum atomic E-state index is 12.3. The summed E-state index contributed by atoms with van der Waals surface area (Å²) in [4.78, 5) is 22.9. The lowest BCUT2D eigenvalue weighted by Gasteiger charge is -2.34. The summed E-state index contributed by atoms with van der Waals surface area (Å²) in [6.07, 6.45) is 7.66. The fourth-order valence-electron chi connectivity index (χ4n) is 4.04. The molecule has 160 valence electrons. The number of nitrogens with two attached hydrogens (primary N) is 1. The van der Waals surface area contributed by atoms with Gasteiger partial charge in [0.15, 0.2) is 5.78 Å². The minimum Gasteiger partial charge on any atom is -0.481 e. The first-order chi connectivity index (χ1) is 13.7. The van der Waals surface area contributed by atoms with Gasteiger partial charge in [-0.25, -0.2) is 4.52 Å². The monoisotopic (exact) mass is 401 g/mol. The second-order valence-corrected chi connectivity index (χ2v) is 8.80. The highest BCUT2D eigenvalue weighted by Crippen LogP contribution is 2.38. The maximum absolute atomic E-state index is 12.3. The summed E-state index contributed by atoms with van der Waals surface area (Å²) in [5, 5.41) is 13.2. The van der Waals surface area contributed by atoms with Gasteiger partial charge in [0.2, 0.25) is 0 Å². The number of hydrogen-bond donors (Lipinski definition) is 2. The molecular weight excluding hydrogens is 366 g/mol. The summed E-state index contributed by atoms with van der Waals surface area (Å²) < 4.78 is 1.80. The average Bonchev–Trinajstić information content (AvgIpc) is 3.08. The van der Waals surface area contributed by atoms with Gasteiger partial charge in [-0.2, -0.15) is 5.10 Å². The summed E-state index contributed by atoms with van der Waals surface area (Å²) in [6, 6.07) is 5.82. The highest BCUT2D eigenvalue weighted by atomic mass is 16.4. The van der Waals surface area contributed by atoms with Crippen molar-refractivity contribution in [2.75, 3.05) is 6.54 Å². The zero-order chi connectivity index (χ0) is 21.6. The van der Waals surface area contributed by atoms with E-state index in [2.05, 4.69) is 18.9 Å². The van der Waals surface area contributed by atoms with Crippen LogP contribution in [0.2, 0.25) is 0 Å². The SMILES string of the molecule is CC(C)C(=O)c1c(C(C)C)nn2ccccc12.NCC1(CC(=O)O)CCCCC1. The van der Waals surface area contributed by atoms with E-state index in [9.17, 15) is 9.59 Å². The van der Waals surface area contributed by atoms with Crippen LogP contribution in [-0.4, -0.2) is 33.0 Å². The van der Waals surface area contributed by atoms with Gasteiger partial charge in [-0.15, -0.1) is 0 Å². The van der Waals surface area contributed by atoms with Crippen molar-refractivity contribution in [2.45, 2.75) is 72.1 Å². The van der Waals surface area contributed by atoms with Crippen molar-refractivity contribution in [3.63, 3.8) is 0 Å². The van der Waals surface area contributed by atoms with E-state index in [4.69, 9.17) is 10.8 Å². The summed E-state index contributed by atoms with van der Waals surface area (Å²) in [6.45, 7) is 8.52. The summed E-state index contributed by atoms with van der Waals surface area (Å²) in [5.74, 6) is -0.273. The number of nitrogens with zero attached hydrogens (tertiary/aromatic N) is 2. The number of aliphatic carboxylic acids is 1. The van der Waals surface area contributed by atoms with Gasteiger partial charge in [0.05, 0.1) is 23.2 Å². The number of fused-ring (bicyclic) bond motifs is 1. The van der Waals surface area contributed by atoms with E-state index in [-0.39, 0.29) is 29.5 Å². The van der Waals surface area contributed by atoms with Gasteiger partial charge in [0.25, 0.3) is 0 Å². The first-order valence-corrected chi connectivity index (χ1v) is 10.6. The number of carbonyl (C=O) groups excluding carboxylic acids is 1. The van der Waals surface area contributed by atoms with Gasteiger partial charge in [0.1, 0.15) is 0 Å². The lowest BCUT2D eigenvalue weighted by Crippen LogP contribution is -2.34. The molecule has 1 fully saturated rings. The van der Waals surface area contributed by atoms with E-state index in [0.717, 1.165) is 42.5 Å². The number of carboxylic acid groups (broad SMARTS) is 1. The molecule has 0 aliphatic heterocycles. The number of hydrogen-bond acceptors (Lipinski definition) is 4. The second kappa shape index (κ2) is 10.0. The zero-order valence-electron chi connectivity index (χ0n) is 18.1. The van der Waals surface area contributed by atoms with Gasteiger partial charge in [-0.1, -0.05) is 53.0 Å². The molecule has 6 heteroatoms. The van der Waals surface area contributed by atoms with Gasteiger partial charge >= 0.3 is 5.97 Å². The third-order valence-corrected chi connectivity index (χ3v) is 5.76. The lowest BCUT2D eigenvalue weighted by atomic mass is 9.72. The van der Waals surface area contributed by atoms with Crippen LogP contribution in [0.4, 0.5) is 0 Å². The summed E-state index contributed by atoms with van der Waals surface area (Å²) >= 11 is 0. The number of aromatic nitrogens is 2. The molecule has 3 N–H and O–H groups in total. The Kier molecular flexibility index (Phi) is 7.96. The highest BCUT2D eigenvalue weighted by Gasteiger charge is 2.32. The molecule has 0 atom stereocenters. The van der Waals surface area contributed by atoms with Crippen molar-refractivity contribution in [1.82, 2.24) is 9.61 Å². The highest BCUT2D eigenvalue weighted by molar-refractivity contribution is 6.04. The number of carbonyl (C=O) groups is 2. The number of rotatable bonds is 6. The van der Waals surface area contributed by atoms with Crippen molar-refractivity contribution in [2.24, 2.45) is 17.1 Å².